The Labute approximate surface area is 167 Å². The number of thiophene rings is 2. The van der Waals surface area contributed by atoms with Crippen molar-refractivity contribution in [3.8, 4) is 11.1 Å². The van der Waals surface area contributed by atoms with E-state index in [1.807, 2.05) is 47.2 Å². The lowest BCUT2D eigenvalue weighted by Crippen LogP contribution is -2.11. The van der Waals surface area contributed by atoms with Crippen LogP contribution in [0.1, 0.15) is 15.2 Å². The van der Waals surface area contributed by atoms with Crippen molar-refractivity contribution in [2.24, 2.45) is 0 Å². The van der Waals surface area contributed by atoms with Crippen molar-refractivity contribution in [2.75, 3.05) is 12.4 Å². The fourth-order valence-corrected chi connectivity index (χ4v) is 4.14. The largest absolute Gasteiger partial charge is 0.465 e. The van der Waals surface area contributed by atoms with Gasteiger partial charge in [0.05, 0.1) is 7.11 Å². The van der Waals surface area contributed by atoms with E-state index >= 15 is 0 Å². The highest BCUT2D eigenvalue weighted by Gasteiger charge is 2.21. The first kappa shape index (κ1) is 18.6. The predicted octanol–water partition coefficient (Wildman–Crippen LogP) is 5.68. The number of esters is 1. The van der Waals surface area contributed by atoms with E-state index in [9.17, 15) is 9.59 Å². The topological polar surface area (TPSA) is 55.4 Å². The summed E-state index contributed by atoms with van der Waals surface area (Å²) in [4.78, 5) is 25.5. The summed E-state index contributed by atoms with van der Waals surface area (Å²) < 4.78 is 5.86. The molecule has 0 bridgehead atoms. The van der Waals surface area contributed by atoms with Crippen LogP contribution in [-0.2, 0) is 9.53 Å². The maximum absolute atomic E-state index is 12.3. The van der Waals surface area contributed by atoms with Gasteiger partial charge in [0, 0.05) is 26.4 Å². The van der Waals surface area contributed by atoms with Crippen LogP contribution in [0, 0.1) is 0 Å². The number of benzene rings is 1. The molecule has 0 saturated heterocycles. The van der Waals surface area contributed by atoms with Gasteiger partial charge < -0.3 is 10.1 Å². The van der Waals surface area contributed by atoms with Crippen LogP contribution < -0.4 is 5.32 Å². The number of hydrogen-bond donors (Lipinski definition) is 1. The van der Waals surface area contributed by atoms with Crippen LogP contribution in [0.25, 0.3) is 17.2 Å². The van der Waals surface area contributed by atoms with E-state index < -0.39 is 5.97 Å². The molecule has 0 aliphatic carbocycles. The van der Waals surface area contributed by atoms with Crippen LogP contribution in [0.5, 0.6) is 0 Å². The second-order valence-electron chi connectivity index (χ2n) is 5.19. The second kappa shape index (κ2) is 8.44. The van der Waals surface area contributed by atoms with Gasteiger partial charge in [0.15, 0.2) is 0 Å². The van der Waals surface area contributed by atoms with Gasteiger partial charge in [-0.3, -0.25) is 4.79 Å². The molecule has 0 saturated carbocycles. The summed E-state index contributed by atoms with van der Waals surface area (Å²) in [6.07, 6.45) is 3.19. The number of amides is 1. The number of methoxy groups -OCH3 is 1. The molecule has 3 rings (SSSR count). The van der Waals surface area contributed by atoms with Crippen molar-refractivity contribution in [1.29, 1.82) is 0 Å². The van der Waals surface area contributed by atoms with Crippen molar-refractivity contribution < 1.29 is 14.3 Å². The molecule has 0 fully saturated rings. The van der Waals surface area contributed by atoms with Crippen molar-refractivity contribution in [1.82, 2.24) is 0 Å². The van der Waals surface area contributed by atoms with Gasteiger partial charge >= 0.3 is 5.97 Å². The average molecular weight is 448 g/mol. The summed E-state index contributed by atoms with van der Waals surface area (Å²) in [6, 6.07) is 11.4. The van der Waals surface area contributed by atoms with Gasteiger partial charge in [0.1, 0.15) is 10.6 Å². The first-order chi connectivity index (χ1) is 12.6. The van der Waals surface area contributed by atoms with Gasteiger partial charge in [-0.25, -0.2) is 4.79 Å². The van der Waals surface area contributed by atoms with Crippen LogP contribution in [0.2, 0.25) is 0 Å². The van der Waals surface area contributed by atoms with Crippen LogP contribution in [-0.4, -0.2) is 19.0 Å². The lowest BCUT2D eigenvalue weighted by atomic mass is 10.0. The van der Waals surface area contributed by atoms with Crippen LogP contribution >= 0.6 is 38.6 Å². The molecular formula is C19H14BrNO3S2. The number of rotatable bonds is 5. The molecule has 132 valence electrons. The Morgan fingerprint density at radius 3 is 2.58 bits per heavy atom. The standard InChI is InChI=1S/C19H14BrNO3S2/c1-24-19(23)17-15(12-4-6-13(20)7-5-12)11-26-18(17)21-16(22)9-8-14-3-2-10-25-14/h2-11H,1H3,(H,21,22). The SMILES string of the molecule is COC(=O)c1c(-c2ccc(Br)cc2)csc1NC(=O)C=Cc1cccs1. The summed E-state index contributed by atoms with van der Waals surface area (Å²) in [5.41, 5.74) is 1.96. The van der Waals surface area contributed by atoms with Crippen LogP contribution in [0.15, 0.2) is 57.7 Å². The van der Waals surface area contributed by atoms with Gasteiger partial charge in [0.2, 0.25) is 5.91 Å². The number of nitrogens with one attached hydrogen (secondary N) is 1. The summed E-state index contributed by atoms with van der Waals surface area (Å²) in [7, 11) is 1.33. The monoisotopic (exact) mass is 447 g/mol. The Morgan fingerprint density at radius 1 is 1.15 bits per heavy atom. The average Bonchev–Trinajstić information content (AvgIpc) is 3.30. The summed E-state index contributed by atoms with van der Waals surface area (Å²) >= 11 is 6.24. The fraction of sp³-hybridized carbons (Fsp3) is 0.0526. The molecule has 1 amide bonds. The van der Waals surface area contributed by atoms with Gasteiger partial charge in [-0.15, -0.1) is 22.7 Å². The van der Waals surface area contributed by atoms with Crippen molar-refractivity contribution in [2.45, 2.75) is 0 Å². The number of carbonyl (C=O) groups is 2. The van der Waals surface area contributed by atoms with E-state index in [2.05, 4.69) is 21.2 Å². The maximum Gasteiger partial charge on any atom is 0.341 e. The zero-order valence-corrected chi connectivity index (χ0v) is 16.9. The normalized spacial score (nSPS) is 10.8. The Hall–Kier alpha value is -2.22. The molecule has 1 aromatic carbocycles. The molecule has 0 spiro atoms. The molecule has 7 heteroatoms. The van der Waals surface area contributed by atoms with E-state index in [0.29, 0.717) is 10.6 Å². The minimum absolute atomic E-state index is 0.298. The number of carbonyl (C=O) groups excluding carboxylic acids is 2. The maximum atomic E-state index is 12.3. The van der Waals surface area contributed by atoms with Crippen LogP contribution in [0.4, 0.5) is 5.00 Å². The smallest absolute Gasteiger partial charge is 0.341 e. The van der Waals surface area contributed by atoms with Crippen molar-refractivity contribution in [3.63, 3.8) is 0 Å². The lowest BCUT2D eigenvalue weighted by molar-refractivity contribution is -0.111. The number of hydrogen-bond acceptors (Lipinski definition) is 5. The molecule has 2 heterocycles. The Balaban J connectivity index is 1.88. The molecule has 0 atom stereocenters. The summed E-state index contributed by atoms with van der Waals surface area (Å²) in [5, 5.41) is 7.03. The highest BCUT2D eigenvalue weighted by Crippen LogP contribution is 2.36. The highest BCUT2D eigenvalue weighted by molar-refractivity contribution is 9.10. The molecule has 0 aliphatic rings. The van der Waals surface area contributed by atoms with Gasteiger partial charge in [0.25, 0.3) is 0 Å². The molecular weight excluding hydrogens is 434 g/mol. The highest BCUT2D eigenvalue weighted by atomic mass is 79.9. The minimum Gasteiger partial charge on any atom is -0.465 e. The zero-order valence-electron chi connectivity index (χ0n) is 13.7. The third-order valence-electron chi connectivity index (χ3n) is 3.51. The summed E-state index contributed by atoms with van der Waals surface area (Å²) in [6.45, 7) is 0. The third kappa shape index (κ3) is 4.30. The van der Waals surface area contributed by atoms with E-state index in [4.69, 9.17) is 4.74 Å². The van der Waals surface area contributed by atoms with Gasteiger partial charge in [-0.1, -0.05) is 34.1 Å². The second-order valence-corrected chi connectivity index (χ2v) is 7.96. The molecule has 26 heavy (non-hydrogen) atoms. The molecule has 2 aromatic heterocycles. The minimum atomic E-state index is -0.485. The fourth-order valence-electron chi connectivity index (χ4n) is 2.29. The first-order valence-electron chi connectivity index (χ1n) is 7.57. The van der Waals surface area contributed by atoms with Gasteiger partial charge in [-0.05, 0) is 35.2 Å². The number of anilines is 1. The molecule has 0 unspecified atom stereocenters. The van der Waals surface area contributed by atoms with Crippen molar-refractivity contribution >= 4 is 61.6 Å². The van der Waals surface area contributed by atoms with E-state index in [1.54, 1.807) is 17.4 Å². The molecule has 4 nitrogen and oxygen atoms in total. The van der Waals surface area contributed by atoms with E-state index in [1.165, 1.54) is 24.5 Å². The van der Waals surface area contributed by atoms with E-state index in [-0.39, 0.29) is 5.91 Å². The Kier molecular flexibility index (Phi) is 6.03. The Bertz CT molecular complexity index is 944. The van der Waals surface area contributed by atoms with Crippen LogP contribution in [0.3, 0.4) is 0 Å². The predicted molar refractivity (Wildman–Crippen MR) is 111 cm³/mol. The quantitative estimate of drug-likeness (QED) is 0.404. The molecule has 0 radical (unpaired) electrons. The molecule has 1 N–H and O–H groups in total. The Morgan fingerprint density at radius 2 is 1.92 bits per heavy atom. The molecule has 3 aromatic rings. The summed E-state index contributed by atoms with van der Waals surface area (Å²) in [5.74, 6) is -0.783. The first-order valence-corrected chi connectivity index (χ1v) is 10.1. The molecule has 0 aliphatic heterocycles. The lowest BCUT2D eigenvalue weighted by Gasteiger charge is -2.06. The number of halogens is 1. The third-order valence-corrected chi connectivity index (χ3v) is 5.78. The van der Waals surface area contributed by atoms with Gasteiger partial charge in [-0.2, -0.15) is 0 Å². The zero-order chi connectivity index (χ0) is 18.5. The number of ether oxygens (including phenoxy) is 1. The van der Waals surface area contributed by atoms with Crippen molar-refractivity contribution in [3.05, 3.63) is 68.1 Å². The van der Waals surface area contributed by atoms with E-state index in [0.717, 1.165) is 20.5 Å².